The number of carbonyl (C=O) groups is 1. The third-order valence-corrected chi connectivity index (χ3v) is 3.98. The van der Waals surface area contributed by atoms with E-state index >= 15 is 0 Å². The first-order valence-electron chi connectivity index (χ1n) is 5.89. The number of sulfonamides is 1. The second-order valence-electron chi connectivity index (χ2n) is 4.16. The van der Waals surface area contributed by atoms with Gasteiger partial charge >= 0.3 is 0 Å². The van der Waals surface area contributed by atoms with Gasteiger partial charge in [0, 0.05) is 6.04 Å². The van der Waals surface area contributed by atoms with Crippen molar-refractivity contribution in [1.29, 1.82) is 0 Å². The molecule has 0 aliphatic carbocycles. The van der Waals surface area contributed by atoms with Gasteiger partial charge in [-0.2, -0.15) is 0 Å². The summed E-state index contributed by atoms with van der Waals surface area (Å²) in [6, 6.07) is 4.37. The summed E-state index contributed by atoms with van der Waals surface area (Å²) in [5, 5.41) is 2.64. The molecule has 1 atom stereocenters. The smallest absolute Gasteiger partial charge is 0.241 e. The number of amides is 1. The molecular weight excluding hydrogens is 271 g/mol. The summed E-state index contributed by atoms with van der Waals surface area (Å²) in [4.78, 5) is 11.4. The molecule has 0 radical (unpaired) electrons. The largest absolute Gasteiger partial charge is 0.353 e. The Bertz CT molecular complexity index is 528. The van der Waals surface area contributed by atoms with Gasteiger partial charge in [0.05, 0.1) is 11.4 Å². The van der Waals surface area contributed by atoms with E-state index < -0.39 is 21.7 Å². The molecule has 0 aromatic heterocycles. The topological polar surface area (TPSA) is 75.3 Å². The molecule has 7 heteroatoms. The van der Waals surface area contributed by atoms with E-state index in [4.69, 9.17) is 0 Å². The molecule has 1 aromatic carbocycles. The Labute approximate surface area is 112 Å². The van der Waals surface area contributed by atoms with E-state index in [0.29, 0.717) is 0 Å². The molecule has 0 heterocycles. The molecule has 0 aliphatic rings. The molecule has 2 N–H and O–H groups in total. The molecule has 1 rings (SSSR count). The molecule has 0 spiro atoms. The van der Waals surface area contributed by atoms with Gasteiger partial charge in [-0.25, -0.2) is 17.5 Å². The van der Waals surface area contributed by atoms with Crippen molar-refractivity contribution < 1.29 is 17.6 Å². The maximum Gasteiger partial charge on any atom is 0.241 e. The van der Waals surface area contributed by atoms with Gasteiger partial charge in [0.1, 0.15) is 5.82 Å². The van der Waals surface area contributed by atoms with Crippen LogP contribution in [0.2, 0.25) is 0 Å². The van der Waals surface area contributed by atoms with E-state index in [1.54, 1.807) is 0 Å². The minimum absolute atomic E-state index is 0.0113. The normalized spacial score (nSPS) is 13.0. The van der Waals surface area contributed by atoms with Crippen LogP contribution in [0, 0.1) is 5.82 Å². The van der Waals surface area contributed by atoms with Crippen LogP contribution in [0.25, 0.3) is 0 Å². The fraction of sp³-hybridized carbons (Fsp3) is 0.417. The zero-order valence-electron chi connectivity index (χ0n) is 10.8. The van der Waals surface area contributed by atoms with Crippen molar-refractivity contribution in [2.75, 3.05) is 6.54 Å². The molecular formula is C12H17FN2O3S. The first-order chi connectivity index (χ1) is 8.85. The van der Waals surface area contributed by atoms with Crippen molar-refractivity contribution in [1.82, 2.24) is 10.0 Å². The van der Waals surface area contributed by atoms with E-state index in [-0.39, 0.29) is 17.5 Å². The number of carbonyl (C=O) groups excluding carboxylic acids is 1. The van der Waals surface area contributed by atoms with Gasteiger partial charge in [0.15, 0.2) is 0 Å². The minimum Gasteiger partial charge on any atom is -0.353 e. The second kappa shape index (κ2) is 6.63. The van der Waals surface area contributed by atoms with Crippen molar-refractivity contribution in [2.45, 2.75) is 31.2 Å². The van der Waals surface area contributed by atoms with Gasteiger partial charge in [-0.1, -0.05) is 6.92 Å². The molecule has 0 aliphatic heterocycles. The Morgan fingerprint density at radius 3 is 2.42 bits per heavy atom. The van der Waals surface area contributed by atoms with Gasteiger partial charge in [-0.05, 0) is 37.6 Å². The summed E-state index contributed by atoms with van der Waals surface area (Å²) < 4.78 is 38.4. The number of benzene rings is 1. The van der Waals surface area contributed by atoms with E-state index in [1.807, 2.05) is 13.8 Å². The van der Waals surface area contributed by atoms with Crippen molar-refractivity contribution in [3.8, 4) is 0 Å². The lowest BCUT2D eigenvalue weighted by atomic mass is 10.2. The third-order valence-electron chi connectivity index (χ3n) is 2.57. The first-order valence-corrected chi connectivity index (χ1v) is 7.38. The van der Waals surface area contributed by atoms with Crippen LogP contribution in [0.4, 0.5) is 4.39 Å². The van der Waals surface area contributed by atoms with Crippen LogP contribution in [-0.4, -0.2) is 26.9 Å². The number of halogens is 1. The van der Waals surface area contributed by atoms with E-state index in [0.717, 1.165) is 30.7 Å². The monoisotopic (exact) mass is 288 g/mol. The molecule has 0 saturated carbocycles. The number of rotatable bonds is 6. The molecule has 19 heavy (non-hydrogen) atoms. The van der Waals surface area contributed by atoms with Gasteiger partial charge in [0.25, 0.3) is 0 Å². The molecule has 106 valence electrons. The van der Waals surface area contributed by atoms with Crippen LogP contribution in [0.15, 0.2) is 29.2 Å². The van der Waals surface area contributed by atoms with Crippen molar-refractivity contribution in [2.24, 2.45) is 0 Å². The molecule has 1 amide bonds. The van der Waals surface area contributed by atoms with Gasteiger partial charge in [-0.3, -0.25) is 4.79 Å². The molecule has 1 unspecified atom stereocenters. The molecule has 1 aromatic rings. The molecule has 5 nitrogen and oxygen atoms in total. The van der Waals surface area contributed by atoms with Crippen molar-refractivity contribution in [3.63, 3.8) is 0 Å². The fourth-order valence-corrected chi connectivity index (χ4v) is 2.27. The second-order valence-corrected chi connectivity index (χ2v) is 5.92. The number of hydrogen-bond acceptors (Lipinski definition) is 3. The number of hydrogen-bond donors (Lipinski definition) is 2. The van der Waals surface area contributed by atoms with Crippen LogP contribution in [0.5, 0.6) is 0 Å². The Hall–Kier alpha value is -1.47. The zero-order valence-corrected chi connectivity index (χ0v) is 11.6. The van der Waals surface area contributed by atoms with E-state index in [9.17, 15) is 17.6 Å². The SMILES string of the molecule is CCC(C)NC(=O)CNS(=O)(=O)c1ccc(F)cc1. The summed E-state index contributed by atoms with van der Waals surface area (Å²) in [6.45, 7) is 3.39. The van der Waals surface area contributed by atoms with Crippen molar-refractivity contribution >= 4 is 15.9 Å². The Balaban J connectivity index is 2.61. The predicted octanol–water partition coefficient (Wildman–Crippen LogP) is 1.02. The quantitative estimate of drug-likeness (QED) is 0.820. The lowest BCUT2D eigenvalue weighted by Gasteiger charge is -2.12. The number of nitrogens with one attached hydrogen (secondary N) is 2. The summed E-state index contributed by atoms with van der Waals surface area (Å²) >= 11 is 0. The maximum atomic E-state index is 12.7. The lowest BCUT2D eigenvalue weighted by Crippen LogP contribution is -2.40. The van der Waals surface area contributed by atoms with Crippen LogP contribution in [0.1, 0.15) is 20.3 Å². The standard InChI is InChI=1S/C12H17FN2O3S/c1-3-9(2)15-12(16)8-14-19(17,18)11-6-4-10(13)5-7-11/h4-7,9,14H,3,8H2,1-2H3,(H,15,16). The first kappa shape index (κ1) is 15.6. The van der Waals surface area contributed by atoms with E-state index in [2.05, 4.69) is 10.0 Å². The van der Waals surface area contributed by atoms with Crippen LogP contribution in [0.3, 0.4) is 0 Å². The average Bonchev–Trinajstić information content (AvgIpc) is 2.37. The van der Waals surface area contributed by atoms with Gasteiger partial charge in [0.2, 0.25) is 15.9 Å². The Kier molecular flexibility index (Phi) is 5.44. The summed E-state index contributed by atoms with van der Waals surface area (Å²) in [7, 11) is -3.79. The molecule has 0 fully saturated rings. The third kappa shape index (κ3) is 4.96. The highest BCUT2D eigenvalue weighted by Crippen LogP contribution is 2.08. The highest BCUT2D eigenvalue weighted by Gasteiger charge is 2.15. The molecule has 0 bridgehead atoms. The van der Waals surface area contributed by atoms with Gasteiger partial charge < -0.3 is 5.32 Å². The predicted molar refractivity (Wildman–Crippen MR) is 69.5 cm³/mol. The zero-order chi connectivity index (χ0) is 14.5. The maximum absolute atomic E-state index is 12.7. The van der Waals surface area contributed by atoms with E-state index in [1.165, 1.54) is 0 Å². The van der Waals surface area contributed by atoms with Crippen molar-refractivity contribution in [3.05, 3.63) is 30.1 Å². The van der Waals surface area contributed by atoms with Crippen LogP contribution >= 0.6 is 0 Å². The lowest BCUT2D eigenvalue weighted by molar-refractivity contribution is -0.120. The van der Waals surface area contributed by atoms with Crippen LogP contribution < -0.4 is 10.0 Å². The summed E-state index contributed by atoms with van der Waals surface area (Å²) in [6.07, 6.45) is 0.760. The highest BCUT2D eigenvalue weighted by atomic mass is 32.2. The molecule has 0 saturated heterocycles. The summed E-state index contributed by atoms with van der Waals surface area (Å²) in [5.41, 5.74) is 0. The minimum atomic E-state index is -3.79. The van der Waals surface area contributed by atoms with Gasteiger partial charge in [-0.15, -0.1) is 0 Å². The fourth-order valence-electron chi connectivity index (χ4n) is 1.29. The van der Waals surface area contributed by atoms with Crippen LogP contribution in [-0.2, 0) is 14.8 Å². The summed E-state index contributed by atoms with van der Waals surface area (Å²) in [5.74, 6) is -0.923. The highest BCUT2D eigenvalue weighted by molar-refractivity contribution is 7.89. The average molecular weight is 288 g/mol. The Morgan fingerprint density at radius 2 is 1.89 bits per heavy atom. The Morgan fingerprint density at radius 1 is 1.32 bits per heavy atom.